The van der Waals surface area contributed by atoms with Gasteiger partial charge in [0.2, 0.25) is 0 Å². The second kappa shape index (κ2) is 6.70. The zero-order chi connectivity index (χ0) is 15.6. The Morgan fingerprint density at radius 2 is 2.24 bits per heavy atom. The molecule has 1 aliphatic rings. The molecule has 5 nitrogen and oxygen atoms in total. The van der Waals surface area contributed by atoms with Gasteiger partial charge >= 0.3 is 5.97 Å². The number of nitrogens with zero attached hydrogens (tertiary/aromatic N) is 1. The van der Waals surface area contributed by atoms with Gasteiger partial charge in [0.25, 0.3) is 5.91 Å². The van der Waals surface area contributed by atoms with Gasteiger partial charge in [-0.3, -0.25) is 4.79 Å². The molecule has 0 aliphatic carbocycles. The van der Waals surface area contributed by atoms with Crippen LogP contribution in [0.3, 0.4) is 0 Å². The van der Waals surface area contributed by atoms with Gasteiger partial charge < -0.3 is 14.7 Å². The molecule has 0 radical (unpaired) electrons. The average Bonchev–Trinajstić information content (AvgIpc) is 2.90. The summed E-state index contributed by atoms with van der Waals surface area (Å²) in [6.07, 6.45) is 0.720. The third-order valence-electron chi connectivity index (χ3n) is 3.36. The number of rotatable bonds is 4. The highest BCUT2D eigenvalue weighted by molar-refractivity contribution is 9.10. The van der Waals surface area contributed by atoms with E-state index in [0.717, 1.165) is 6.42 Å². The predicted molar refractivity (Wildman–Crippen MR) is 84.8 cm³/mol. The van der Waals surface area contributed by atoms with Crippen LogP contribution in [0, 0.1) is 0 Å². The molecule has 1 saturated heterocycles. The fourth-order valence-electron chi connectivity index (χ4n) is 2.29. The van der Waals surface area contributed by atoms with E-state index in [1.165, 1.54) is 16.7 Å². The van der Waals surface area contributed by atoms with Crippen LogP contribution < -0.4 is 4.74 Å². The van der Waals surface area contributed by atoms with E-state index in [4.69, 9.17) is 4.74 Å². The van der Waals surface area contributed by atoms with E-state index in [2.05, 4.69) is 15.9 Å². The maximum atomic E-state index is 12.7. The number of hydrogen-bond donors (Lipinski definition) is 1. The monoisotopic (exact) mass is 373 g/mol. The first-order valence-corrected chi connectivity index (χ1v) is 8.34. The van der Waals surface area contributed by atoms with Crippen LogP contribution in [0.25, 0.3) is 0 Å². The molecule has 1 aromatic carbocycles. The van der Waals surface area contributed by atoms with Crippen LogP contribution in [0.1, 0.15) is 23.7 Å². The lowest BCUT2D eigenvalue weighted by Gasteiger charge is -2.26. The van der Waals surface area contributed by atoms with Crippen LogP contribution >= 0.6 is 27.7 Å². The van der Waals surface area contributed by atoms with Crippen molar-refractivity contribution in [2.45, 2.75) is 24.8 Å². The quantitative estimate of drug-likeness (QED) is 0.878. The maximum Gasteiger partial charge on any atom is 0.327 e. The smallest absolute Gasteiger partial charge is 0.327 e. The summed E-state index contributed by atoms with van der Waals surface area (Å²) in [6, 6.07) is 4.24. The SMILES string of the molecule is CCC1SCC(C(=O)O)N1C(=O)c1ccc(OC)c(Br)c1. The van der Waals surface area contributed by atoms with E-state index in [-0.39, 0.29) is 11.3 Å². The number of amides is 1. The number of aliphatic carboxylic acids is 1. The van der Waals surface area contributed by atoms with E-state index in [9.17, 15) is 14.7 Å². The summed E-state index contributed by atoms with van der Waals surface area (Å²) in [7, 11) is 1.55. The lowest BCUT2D eigenvalue weighted by molar-refractivity contribution is -0.141. The zero-order valence-electron chi connectivity index (χ0n) is 11.7. The summed E-state index contributed by atoms with van der Waals surface area (Å²) < 4.78 is 5.81. The largest absolute Gasteiger partial charge is 0.496 e. The van der Waals surface area contributed by atoms with Gasteiger partial charge in [-0.2, -0.15) is 0 Å². The van der Waals surface area contributed by atoms with Gasteiger partial charge in [0.05, 0.1) is 17.0 Å². The second-order valence-electron chi connectivity index (χ2n) is 4.61. The standard InChI is InChI=1S/C14H16BrNO4S/c1-3-12-16(10(7-21-12)14(18)19)13(17)8-4-5-11(20-2)9(15)6-8/h4-6,10,12H,3,7H2,1-2H3,(H,18,19). The van der Waals surface area contributed by atoms with Crippen molar-refractivity contribution in [2.24, 2.45) is 0 Å². The molecule has 2 atom stereocenters. The van der Waals surface area contributed by atoms with E-state index in [1.807, 2.05) is 6.92 Å². The number of methoxy groups -OCH3 is 1. The molecule has 21 heavy (non-hydrogen) atoms. The summed E-state index contributed by atoms with van der Waals surface area (Å²) >= 11 is 4.85. The normalized spacial score (nSPS) is 21.4. The molecule has 0 spiro atoms. The Kier molecular flexibility index (Phi) is 5.16. The third-order valence-corrected chi connectivity index (χ3v) is 5.43. The molecule has 0 bridgehead atoms. The molecule has 1 aliphatic heterocycles. The van der Waals surface area contributed by atoms with Gasteiger partial charge in [-0.05, 0) is 40.5 Å². The van der Waals surface area contributed by atoms with Crippen molar-refractivity contribution in [3.63, 3.8) is 0 Å². The minimum absolute atomic E-state index is 0.0977. The molecule has 0 aromatic heterocycles. The van der Waals surface area contributed by atoms with Crippen molar-refractivity contribution in [1.29, 1.82) is 0 Å². The van der Waals surface area contributed by atoms with Crippen LogP contribution in [0.5, 0.6) is 5.75 Å². The van der Waals surface area contributed by atoms with Crippen molar-refractivity contribution >= 4 is 39.6 Å². The molecule has 1 heterocycles. The van der Waals surface area contributed by atoms with Gasteiger partial charge in [0, 0.05) is 11.3 Å². The first-order valence-electron chi connectivity index (χ1n) is 6.50. The summed E-state index contributed by atoms with van der Waals surface area (Å²) in [4.78, 5) is 25.5. The Morgan fingerprint density at radius 3 is 2.76 bits per heavy atom. The van der Waals surface area contributed by atoms with Gasteiger partial charge in [-0.1, -0.05) is 6.92 Å². The predicted octanol–water partition coefficient (Wildman–Crippen LogP) is 2.84. The van der Waals surface area contributed by atoms with Gasteiger partial charge in [-0.25, -0.2) is 4.79 Å². The average molecular weight is 374 g/mol. The summed E-state index contributed by atoms with van der Waals surface area (Å²) in [5.41, 5.74) is 0.454. The van der Waals surface area contributed by atoms with Crippen LogP contribution in [0.15, 0.2) is 22.7 Å². The molecular weight excluding hydrogens is 358 g/mol. The topological polar surface area (TPSA) is 66.8 Å². The first kappa shape index (κ1) is 16.2. The Balaban J connectivity index is 2.32. The molecule has 1 N–H and O–H groups in total. The van der Waals surface area contributed by atoms with Crippen molar-refractivity contribution in [2.75, 3.05) is 12.9 Å². The van der Waals surface area contributed by atoms with Crippen LogP contribution in [-0.2, 0) is 4.79 Å². The minimum atomic E-state index is -0.959. The number of carbonyl (C=O) groups is 2. The highest BCUT2D eigenvalue weighted by Gasteiger charge is 2.41. The summed E-state index contributed by atoms with van der Waals surface area (Å²) in [5.74, 6) is -0.164. The number of carboxylic acid groups (broad SMARTS) is 1. The molecule has 2 unspecified atom stereocenters. The molecule has 2 rings (SSSR count). The van der Waals surface area contributed by atoms with E-state index in [1.54, 1.807) is 25.3 Å². The number of halogens is 1. The van der Waals surface area contributed by atoms with Crippen LogP contribution in [0.4, 0.5) is 0 Å². The number of thioether (sulfide) groups is 1. The molecule has 114 valence electrons. The number of carbonyl (C=O) groups excluding carboxylic acids is 1. The van der Waals surface area contributed by atoms with Crippen molar-refractivity contribution in [3.05, 3.63) is 28.2 Å². The van der Waals surface area contributed by atoms with Crippen molar-refractivity contribution in [3.8, 4) is 5.75 Å². The molecule has 1 fully saturated rings. The van der Waals surface area contributed by atoms with E-state index >= 15 is 0 Å². The fourth-order valence-corrected chi connectivity index (χ4v) is 4.18. The highest BCUT2D eigenvalue weighted by Crippen LogP contribution is 2.34. The summed E-state index contributed by atoms with van der Waals surface area (Å²) in [6.45, 7) is 1.95. The summed E-state index contributed by atoms with van der Waals surface area (Å²) in [5, 5.41) is 9.20. The van der Waals surface area contributed by atoms with Crippen LogP contribution in [0.2, 0.25) is 0 Å². The van der Waals surface area contributed by atoms with E-state index < -0.39 is 12.0 Å². The number of carboxylic acids is 1. The second-order valence-corrected chi connectivity index (χ2v) is 6.68. The van der Waals surface area contributed by atoms with Gasteiger partial charge in [0.1, 0.15) is 11.8 Å². The molecule has 1 amide bonds. The molecule has 7 heteroatoms. The van der Waals surface area contributed by atoms with Crippen molar-refractivity contribution < 1.29 is 19.4 Å². The Hall–Kier alpha value is -1.21. The van der Waals surface area contributed by atoms with Crippen molar-refractivity contribution in [1.82, 2.24) is 4.90 Å². The van der Waals surface area contributed by atoms with Crippen LogP contribution in [-0.4, -0.2) is 46.2 Å². The maximum absolute atomic E-state index is 12.7. The fraction of sp³-hybridized carbons (Fsp3) is 0.429. The molecular formula is C14H16BrNO4S. The molecule has 1 aromatic rings. The third kappa shape index (κ3) is 3.18. The number of ether oxygens (including phenoxy) is 1. The zero-order valence-corrected chi connectivity index (χ0v) is 14.1. The lowest BCUT2D eigenvalue weighted by Crippen LogP contribution is -2.45. The lowest BCUT2D eigenvalue weighted by atomic mass is 10.1. The van der Waals surface area contributed by atoms with E-state index in [0.29, 0.717) is 21.5 Å². The Labute approximate surface area is 135 Å². The highest BCUT2D eigenvalue weighted by atomic mass is 79.9. The Morgan fingerprint density at radius 1 is 1.52 bits per heavy atom. The van der Waals surface area contributed by atoms with Gasteiger partial charge in [0.15, 0.2) is 0 Å². The first-order chi connectivity index (χ1) is 9.99. The Bertz CT molecular complexity index is 566. The van der Waals surface area contributed by atoms with Gasteiger partial charge in [-0.15, -0.1) is 11.8 Å². The molecule has 0 saturated carbocycles. The minimum Gasteiger partial charge on any atom is -0.496 e. The number of hydrogen-bond acceptors (Lipinski definition) is 4. The number of benzene rings is 1.